The van der Waals surface area contributed by atoms with Gasteiger partial charge in [-0.1, -0.05) is 0 Å². The lowest BCUT2D eigenvalue weighted by Crippen LogP contribution is -2.31. The van der Waals surface area contributed by atoms with Crippen molar-refractivity contribution in [1.29, 1.82) is 0 Å². The molecule has 0 bridgehead atoms. The SMILES string of the molecule is N[C@@H](CO)[C@@H](O)c1nccs1. The second-order valence-electron chi connectivity index (χ2n) is 2.16. The van der Waals surface area contributed by atoms with E-state index in [2.05, 4.69) is 4.98 Å². The monoisotopic (exact) mass is 174 g/mol. The molecule has 0 aliphatic heterocycles. The van der Waals surface area contributed by atoms with E-state index in [4.69, 9.17) is 10.8 Å². The van der Waals surface area contributed by atoms with Gasteiger partial charge in [-0.3, -0.25) is 0 Å². The number of thiazole rings is 1. The maximum Gasteiger partial charge on any atom is 0.123 e. The summed E-state index contributed by atoms with van der Waals surface area (Å²) in [5, 5.41) is 20.2. The molecule has 0 aromatic carbocycles. The first kappa shape index (κ1) is 8.61. The second kappa shape index (κ2) is 3.77. The molecule has 62 valence electrons. The number of nitrogens with zero attached hydrogens (tertiary/aromatic N) is 1. The van der Waals surface area contributed by atoms with E-state index >= 15 is 0 Å². The fourth-order valence-electron chi connectivity index (χ4n) is 0.664. The van der Waals surface area contributed by atoms with Gasteiger partial charge in [0.2, 0.25) is 0 Å². The van der Waals surface area contributed by atoms with Crippen molar-refractivity contribution in [2.75, 3.05) is 6.61 Å². The van der Waals surface area contributed by atoms with Gasteiger partial charge in [0.05, 0.1) is 12.6 Å². The summed E-state index contributed by atoms with van der Waals surface area (Å²) in [4.78, 5) is 3.86. The Morgan fingerprint density at radius 1 is 1.73 bits per heavy atom. The highest BCUT2D eigenvalue weighted by molar-refractivity contribution is 7.09. The number of aliphatic hydroxyl groups is 2. The number of hydrogen-bond donors (Lipinski definition) is 3. The van der Waals surface area contributed by atoms with Crippen LogP contribution in [0.5, 0.6) is 0 Å². The third kappa shape index (κ3) is 1.97. The van der Waals surface area contributed by atoms with Gasteiger partial charge in [0.1, 0.15) is 11.1 Å². The van der Waals surface area contributed by atoms with E-state index in [-0.39, 0.29) is 6.61 Å². The van der Waals surface area contributed by atoms with Gasteiger partial charge in [-0.15, -0.1) is 11.3 Å². The van der Waals surface area contributed by atoms with Gasteiger partial charge in [-0.05, 0) is 0 Å². The Kier molecular flexibility index (Phi) is 2.95. The highest BCUT2D eigenvalue weighted by Crippen LogP contribution is 2.17. The van der Waals surface area contributed by atoms with Crippen LogP contribution in [0.15, 0.2) is 11.6 Å². The Balaban J connectivity index is 2.62. The molecule has 4 nitrogen and oxygen atoms in total. The number of hydrogen-bond acceptors (Lipinski definition) is 5. The van der Waals surface area contributed by atoms with Crippen LogP contribution in [0.4, 0.5) is 0 Å². The van der Waals surface area contributed by atoms with Crippen molar-refractivity contribution in [2.45, 2.75) is 12.1 Å². The molecule has 5 heteroatoms. The molecular weight excluding hydrogens is 164 g/mol. The van der Waals surface area contributed by atoms with Crippen molar-refractivity contribution in [1.82, 2.24) is 4.98 Å². The summed E-state index contributed by atoms with van der Waals surface area (Å²) in [6, 6.07) is -0.638. The molecule has 1 heterocycles. The molecule has 1 aromatic rings. The van der Waals surface area contributed by atoms with Crippen LogP contribution in [-0.4, -0.2) is 27.8 Å². The Bertz CT molecular complexity index is 202. The van der Waals surface area contributed by atoms with Crippen molar-refractivity contribution in [3.8, 4) is 0 Å². The van der Waals surface area contributed by atoms with Gasteiger partial charge in [-0.25, -0.2) is 4.98 Å². The van der Waals surface area contributed by atoms with E-state index in [0.717, 1.165) is 0 Å². The third-order valence-corrected chi connectivity index (χ3v) is 2.17. The molecule has 0 unspecified atom stereocenters. The zero-order valence-corrected chi connectivity index (χ0v) is 6.66. The minimum absolute atomic E-state index is 0.235. The smallest absolute Gasteiger partial charge is 0.123 e. The molecule has 0 saturated carbocycles. The van der Waals surface area contributed by atoms with Crippen LogP contribution in [0.25, 0.3) is 0 Å². The number of rotatable bonds is 3. The predicted molar refractivity (Wildman–Crippen MR) is 42.1 cm³/mol. The highest BCUT2D eigenvalue weighted by Gasteiger charge is 2.17. The Morgan fingerprint density at radius 3 is 2.91 bits per heavy atom. The van der Waals surface area contributed by atoms with E-state index < -0.39 is 12.1 Å². The molecule has 1 rings (SSSR count). The van der Waals surface area contributed by atoms with Crippen LogP contribution in [0, 0.1) is 0 Å². The van der Waals surface area contributed by atoms with E-state index in [0.29, 0.717) is 5.01 Å². The molecule has 0 saturated heterocycles. The summed E-state index contributed by atoms with van der Waals surface area (Å²) in [7, 11) is 0. The molecular formula is C6H10N2O2S. The fraction of sp³-hybridized carbons (Fsp3) is 0.500. The minimum atomic E-state index is -0.847. The van der Waals surface area contributed by atoms with Crippen molar-refractivity contribution >= 4 is 11.3 Å². The lowest BCUT2D eigenvalue weighted by atomic mass is 10.2. The van der Waals surface area contributed by atoms with Crippen LogP contribution in [0.1, 0.15) is 11.1 Å². The third-order valence-electron chi connectivity index (χ3n) is 1.32. The van der Waals surface area contributed by atoms with Crippen molar-refractivity contribution in [3.05, 3.63) is 16.6 Å². The standard InChI is InChI=1S/C6H10N2O2S/c7-4(3-9)5(10)6-8-1-2-11-6/h1-2,4-5,9-10H,3,7H2/t4-,5+/m0/s1. The normalized spacial score (nSPS) is 16.3. The summed E-state index contributed by atoms with van der Waals surface area (Å²) in [6.45, 7) is -0.235. The summed E-state index contributed by atoms with van der Waals surface area (Å²) in [6.07, 6.45) is 0.743. The molecule has 0 radical (unpaired) electrons. The zero-order valence-electron chi connectivity index (χ0n) is 5.84. The molecule has 4 N–H and O–H groups in total. The first-order chi connectivity index (χ1) is 5.25. The van der Waals surface area contributed by atoms with E-state index in [9.17, 15) is 5.11 Å². The minimum Gasteiger partial charge on any atom is -0.395 e. The lowest BCUT2D eigenvalue weighted by molar-refractivity contribution is 0.109. The first-order valence-electron chi connectivity index (χ1n) is 3.19. The first-order valence-corrected chi connectivity index (χ1v) is 4.07. The van der Waals surface area contributed by atoms with Gasteiger partial charge in [0.25, 0.3) is 0 Å². The van der Waals surface area contributed by atoms with Gasteiger partial charge in [0, 0.05) is 11.6 Å². The van der Waals surface area contributed by atoms with Crippen LogP contribution < -0.4 is 5.73 Å². The summed E-state index contributed by atoms with van der Waals surface area (Å²) in [5.74, 6) is 0. The van der Waals surface area contributed by atoms with Gasteiger partial charge >= 0.3 is 0 Å². The van der Waals surface area contributed by atoms with Crippen LogP contribution in [0.3, 0.4) is 0 Å². The molecule has 11 heavy (non-hydrogen) atoms. The molecule has 0 spiro atoms. The molecule has 0 aliphatic carbocycles. The maximum absolute atomic E-state index is 9.34. The van der Waals surface area contributed by atoms with E-state index in [1.54, 1.807) is 11.6 Å². The Hall–Kier alpha value is -0.490. The van der Waals surface area contributed by atoms with Gasteiger partial charge < -0.3 is 15.9 Å². The molecule has 0 aliphatic rings. The topological polar surface area (TPSA) is 79.4 Å². The Morgan fingerprint density at radius 2 is 2.45 bits per heavy atom. The summed E-state index contributed by atoms with van der Waals surface area (Å²) >= 11 is 1.32. The highest BCUT2D eigenvalue weighted by atomic mass is 32.1. The fourth-order valence-corrected chi connectivity index (χ4v) is 1.36. The van der Waals surface area contributed by atoms with E-state index in [1.807, 2.05) is 0 Å². The maximum atomic E-state index is 9.34. The van der Waals surface area contributed by atoms with Crippen molar-refractivity contribution < 1.29 is 10.2 Å². The molecule has 0 amide bonds. The second-order valence-corrected chi connectivity index (χ2v) is 3.09. The average molecular weight is 174 g/mol. The Labute approximate surface area is 68.3 Å². The van der Waals surface area contributed by atoms with Gasteiger partial charge in [-0.2, -0.15) is 0 Å². The van der Waals surface area contributed by atoms with Crippen LogP contribution in [0.2, 0.25) is 0 Å². The molecule has 1 aromatic heterocycles. The largest absolute Gasteiger partial charge is 0.395 e. The van der Waals surface area contributed by atoms with Gasteiger partial charge in [0.15, 0.2) is 0 Å². The summed E-state index contributed by atoms with van der Waals surface area (Å²) in [5.41, 5.74) is 5.37. The average Bonchev–Trinajstić information content (AvgIpc) is 2.53. The van der Waals surface area contributed by atoms with Crippen molar-refractivity contribution in [2.24, 2.45) is 5.73 Å². The predicted octanol–water partition coefficient (Wildman–Crippen LogP) is -0.504. The molecule has 2 atom stereocenters. The number of nitrogens with two attached hydrogens (primary N) is 1. The van der Waals surface area contributed by atoms with Crippen LogP contribution in [-0.2, 0) is 0 Å². The van der Waals surface area contributed by atoms with Crippen LogP contribution >= 0.6 is 11.3 Å². The number of aromatic nitrogens is 1. The molecule has 0 fully saturated rings. The zero-order chi connectivity index (χ0) is 8.27. The summed E-state index contributed by atoms with van der Waals surface area (Å²) < 4.78 is 0. The lowest BCUT2D eigenvalue weighted by Gasteiger charge is -2.12. The number of aliphatic hydroxyl groups excluding tert-OH is 2. The van der Waals surface area contributed by atoms with Crippen molar-refractivity contribution in [3.63, 3.8) is 0 Å². The van der Waals surface area contributed by atoms with E-state index in [1.165, 1.54) is 11.3 Å². The quantitative estimate of drug-likeness (QED) is 0.577.